The van der Waals surface area contributed by atoms with E-state index in [0.29, 0.717) is 6.42 Å². The van der Waals surface area contributed by atoms with Crippen molar-refractivity contribution in [2.24, 2.45) is 11.8 Å². The zero-order valence-electron chi connectivity index (χ0n) is 14.6. The van der Waals surface area contributed by atoms with Crippen molar-refractivity contribution in [2.45, 2.75) is 39.2 Å². The van der Waals surface area contributed by atoms with Gasteiger partial charge in [-0.25, -0.2) is 0 Å². The van der Waals surface area contributed by atoms with Gasteiger partial charge in [-0.2, -0.15) is 0 Å². The first kappa shape index (κ1) is 18.1. The predicted molar refractivity (Wildman–Crippen MR) is 89.3 cm³/mol. The molecule has 0 saturated carbocycles. The molecule has 1 amide bonds. The normalized spacial score (nSPS) is 19.0. The third-order valence-corrected chi connectivity index (χ3v) is 4.75. The van der Waals surface area contributed by atoms with Crippen molar-refractivity contribution < 1.29 is 24.2 Å². The summed E-state index contributed by atoms with van der Waals surface area (Å²) in [5.41, 5.74) is 0.127. The van der Waals surface area contributed by atoms with Gasteiger partial charge in [0.25, 0.3) is 0 Å². The Morgan fingerprint density at radius 1 is 1.46 bits per heavy atom. The summed E-state index contributed by atoms with van der Waals surface area (Å²) >= 11 is 0. The summed E-state index contributed by atoms with van der Waals surface area (Å²) in [6, 6.07) is 5.53. The molecule has 0 aromatic heterocycles. The van der Waals surface area contributed by atoms with Gasteiger partial charge >= 0.3 is 5.97 Å². The summed E-state index contributed by atoms with van der Waals surface area (Å²) in [4.78, 5) is 23.8. The van der Waals surface area contributed by atoms with Gasteiger partial charge in [-0.1, -0.05) is 13.8 Å². The molecule has 0 saturated heterocycles. The number of carboxylic acids is 1. The third kappa shape index (κ3) is 3.99. The number of carbonyl (C=O) groups is 2. The molecule has 0 bridgehead atoms. The van der Waals surface area contributed by atoms with E-state index in [-0.39, 0.29) is 30.8 Å². The molecule has 24 heavy (non-hydrogen) atoms. The van der Waals surface area contributed by atoms with E-state index in [1.54, 1.807) is 14.0 Å². The Morgan fingerprint density at radius 2 is 2.17 bits per heavy atom. The van der Waals surface area contributed by atoms with E-state index in [1.807, 2.05) is 32.0 Å². The van der Waals surface area contributed by atoms with Crippen LogP contribution in [0.4, 0.5) is 0 Å². The van der Waals surface area contributed by atoms with Crippen LogP contribution in [0.1, 0.15) is 32.8 Å². The van der Waals surface area contributed by atoms with Gasteiger partial charge in [0.05, 0.1) is 19.4 Å². The number of hydrogen-bond donors (Lipinski definition) is 2. The highest BCUT2D eigenvalue weighted by molar-refractivity contribution is 5.81. The number of amides is 1. The molecule has 2 N–H and O–H groups in total. The van der Waals surface area contributed by atoms with Crippen molar-refractivity contribution >= 4 is 11.9 Å². The van der Waals surface area contributed by atoms with Crippen LogP contribution in [0, 0.1) is 11.8 Å². The average molecular weight is 335 g/mol. The molecule has 0 fully saturated rings. The third-order valence-electron chi connectivity index (χ3n) is 4.75. The molecule has 1 aromatic rings. The first-order chi connectivity index (χ1) is 11.2. The summed E-state index contributed by atoms with van der Waals surface area (Å²) in [6.45, 7) is 5.86. The average Bonchev–Trinajstić information content (AvgIpc) is 2.52. The van der Waals surface area contributed by atoms with Gasteiger partial charge in [-0.15, -0.1) is 0 Å². The number of nitrogens with one attached hydrogen (secondary N) is 1. The minimum absolute atomic E-state index is 0.00515. The molecule has 6 heteroatoms. The minimum atomic E-state index is -0.929. The summed E-state index contributed by atoms with van der Waals surface area (Å²) in [7, 11) is 1.59. The van der Waals surface area contributed by atoms with Gasteiger partial charge in [-0.3, -0.25) is 9.59 Å². The number of rotatable bonds is 6. The number of carboxylic acid groups (broad SMARTS) is 1. The Morgan fingerprint density at radius 3 is 2.75 bits per heavy atom. The Kier molecular flexibility index (Phi) is 5.36. The molecule has 1 aliphatic heterocycles. The van der Waals surface area contributed by atoms with Crippen LogP contribution in [-0.4, -0.2) is 36.2 Å². The van der Waals surface area contributed by atoms with E-state index in [4.69, 9.17) is 14.6 Å². The fourth-order valence-electron chi connectivity index (χ4n) is 2.76. The molecule has 132 valence electrons. The molecule has 1 aliphatic rings. The summed E-state index contributed by atoms with van der Waals surface area (Å²) < 4.78 is 10.9. The number of hydrogen-bond acceptors (Lipinski definition) is 4. The van der Waals surface area contributed by atoms with Crippen molar-refractivity contribution in [3.8, 4) is 11.5 Å². The van der Waals surface area contributed by atoms with Crippen LogP contribution < -0.4 is 14.8 Å². The van der Waals surface area contributed by atoms with Gasteiger partial charge in [0.1, 0.15) is 18.1 Å². The molecule has 2 atom stereocenters. The Hall–Kier alpha value is -2.24. The summed E-state index contributed by atoms with van der Waals surface area (Å²) in [5.74, 6) is 0.0154. The fraction of sp³-hybridized carbons (Fsp3) is 0.556. The van der Waals surface area contributed by atoms with Crippen LogP contribution in [0.5, 0.6) is 11.5 Å². The largest absolute Gasteiger partial charge is 0.497 e. The number of benzene rings is 1. The minimum Gasteiger partial charge on any atom is -0.497 e. The van der Waals surface area contributed by atoms with Crippen LogP contribution in [0.15, 0.2) is 18.2 Å². The van der Waals surface area contributed by atoms with E-state index >= 15 is 0 Å². The summed E-state index contributed by atoms with van der Waals surface area (Å²) in [5, 5.41) is 12.0. The van der Waals surface area contributed by atoms with Gasteiger partial charge in [-0.05, 0) is 43.0 Å². The van der Waals surface area contributed by atoms with E-state index in [9.17, 15) is 9.59 Å². The first-order valence-corrected chi connectivity index (χ1v) is 8.08. The molecular weight excluding hydrogens is 310 g/mol. The molecule has 1 aromatic carbocycles. The molecule has 0 aliphatic carbocycles. The summed E-state index contributed by atoms with van der Waals surface area (Å²) in [6.07, 6.45) is 0.425. The molecule has 0 spiro atoms. The molecule has 2 rings (SSSR count). The van der Waals surface area contributed by atoms with Gasteiger partial charge in [0.15, 0.2) is 0 Å². The fourth-order valence-corrected chi connectivity index (χ4v) is 2.76. The first-order valence-electron chi connectivity index (χ1n) is 8.08. The Balaban J connectivity index is 2.11. The maximum absolute atomic E-state index is 12.6. The number of fused-ring (bicyclic) bond motifs is 1. The van der Waals surface area contributed by atoms with Gasteiger partial charge in [0.2, 0.25) is 5.91 Å². The number of ether oxygens (including phenoxy) is 2. The number of methoxy groups -OCH3 is 1. The van der Waals surface area contributed by atoms with Crippen LogP contribution in [0.25, 0.3) is 0 Å². The standard InChI is InChI=1S/C18H25NO5/c1-11(2)18(3,9-16(20)21)19-17(22)13-7-12-8-14(23-4)5-6-15(12)24-10-13/h5-6,8,11,13H,7,9-10H2,1-4H3,(H,19,22)(H,20,21). The number of aliphatic carboxylic acids is 1. The monoisotopic (exact) mass is 335 g/mol. The van der Waals surface area contributed by atoms with Crippen LogP contribution in [0.3, 0.4) is 0 Å². The highest BCUT2D eigenvalue weighted by atomic mass is 16.5. The predicted octanol–water partition coefficient (Wildman–Crippen LogP) is 2.25. The van der Waals surface area contributed by atoms with Crippen molar-refractivity contribution in [3.05, 3.63) is 23.8 Å². The maximum Gasteiger partial charge on any atom is 0.305 e. The molecule has 0 radical (unpaired) electrons. The van der Waals surface area contributed by atoms with E-state index in [0.717, 1.165) is 17.1 Å². The van der Waals surface area contributed by atoms with E-state index in [2.05, 4.69) is 5.32 Å². The van der Waals surface area contributed by atoms with Crippen molar-refractivity contribution in [1.82, 2.24) is 5.32 Å². The van der Waals surface area contributed by atoms with E-state index in [1.165, 1.54) is 0 Å². The molecular formula is C18H25NO5. The van der Waals surface area contributed by atoms with Crippen molar-refractivity contribution in [1.29, 1.82) is 0 Å². The topological polar surface area (TPSA) is 84.9 Å². The smallest absolute Gasteiger partial charge is 0.305 e. The van der Waals surface area contributed by atoms with Crippen molar-refractivity contribution in [3.63, 3.8) is 0 Å². The number of carbonyl (C=O) groups excluding carboxylic acids is 1. The van der Waals surface area contributed by atoms with Gasteiger partial charge < -0.3 is 19.9 Å². The lowest BCUT2D eigenvalue weighted by molar-refractivity contribution is -0.140. The van der Waals surface area contributed by atoms with Gasteiger partial charge in [0, 0.05) is 5.54 Å². The highest BCUT2D eigenvalue weighted by Crippen LogP contribution is 2.31. The van der Waals surface area contributed by atoms with Crippen molar-refractivity contribution in [2.75, 3.05) is 13.7 Å². The zero-order valence-corrected chi connectivity index (χ0v) is 14.6. The van der Waals surface area contributed by atoms with Crippen LogP contribution >= 0.6 is 0 Å². The molecule has 2 unspecified atom stereocenters. The second kappa shape index (κ2) is 7.11. The second-order valence-electron chi connectivity index (χ2n) is 6.82. The lowest BCUT2D eigenvalue weighted by Crippen LogP contribution is -2.54. The Bertz CT molecular complexity index is 628. The quantitative estimate of drug-likeness (QED) is 0.833. The van der Waals surface area contributed by atoms with E-state index < -0.39 is 11.5 Å². The zero-order chi connectivity index (χ0) is 17.9. The molecule has 6 nitrogen and oxygen atoms in total. The highest BCUT2D eigenvalue weighted by Gasteiger charge is 2.36. The lowest BCUT2D eigenvalue weighted by Gasteiger charge is -2.35. The van der Waals surface area contributed by atoms with Crippen LogP contribution in [-0.2, 0) is 16.0 Å². The maximum atomic E-state index is 12.6. The van der Waals surface area contributed by atoms with Crippen LogP contribution in [0.2, 0.25) is 0 Å². The SMILES string of the molecule is COc1ccc2c(c1)CC(C(=O)NC(C)(CC(=O)O)C(C)C)CO2. The second-order valence-corrected chi connectivity index (χ2v) is 6.82. The Labute approximate surface area is 142 Å². The molecule has 1 heterocycles. The lowest BCUT2D eigenvalue weighted by atomic mass is 9.84.